The molecule has 5 aromatic heterocycles. The second-order valence-electron chi connectivity index (χ2n) is 9.88. The van der Waals surface area contributed by atoms with E-state index in [0.29, 0.717) is 45.8 Å². The predicted molar refractivity (Wildman–Crippen MR) is 158 cm³/mol. The molecule has 1 unspecified atom stereocenters. The first-order chi connectivity index (χ1) is 20.1. The van der Waals surface area contributed by atoms with Crippen molar-refractivity contribution in [1.82, 2.24) is 30.1 Å². The molecule has 0 saturated carbocycles. The number of hydrogen-bond acceptors (Lipinski definition) is 8. The summed E-state index contributed by atoms with van der Waals surface area (Å²) < 4.78 is 38.7. The summed E-state index contributed by atoms with van der Waals surface area (Å²) in [7, 11) is -3.65. The molecule has 1 aromatic carbocycles. The summed E-state index contributed by atoms with van der Waals surface area (Å²) in [5.74, 6) is -0.735. The molecule has 5 heterocycles. The molecule has 0 saturated heterocycles. The molecule has 212 valence electrons. The number of anilines is 1. The number of nitrogens with two attached hydrogens (primary N) is 1. The summed E-state index contributed by atoms with van der Waals surface area (Å²) in [5, 5.41) is 10.3. The van der Waals surface area contributed by atoms with Crippen LogP contribution >= 0.6 is 0 Å². The lowest BCUT2D eigenvalue weighted by Crippen LogP contribution is -2.20. The third-order valence-electron chi connectivity index (χ3n) is 6.88. The topological polar surface area (TPSA) is 172 Å². The van der Waals surface area contributed by atoms with Crippen LogP contribution in [0.1, 0.15) is 24.3 Å². The van der Waals surface area contributed by atoms with E-state index in [1.165, 1.54) is 12.1 Å². The Morgan fingerprint density at radius 2 is 1.81 bits per heavy atom. The highest BCUT2D eigenvalue weighted by atomic mass is 32.2. The van der Waals surface area contributed by atoms with Crippen molar-refractivity contribution in [2.75, 3.05) is 11.6 Å². The maximum absolute atomic E-state index is 14.6. The minimum atomic E-state index is -3.65. The van der Waals surface area contributed by atoms with Crippen LogP contribution in [-0.2, 0) is 14.6 Å². The largest absolute Gasteiger partial charge is 0.353 e. The number of halogens is 1. The molecule has 0 aliphatic rings. The van der Waals surface area contributed by atoms with E-state index >= 15 is 0 Å². The first-order valence-corrected chi connectivity index (χ1v) is 14.9. The third-order valence-corrected chi connectivity index (χ3v) is 8.07. The van der Waals surface area contributed by atoms with Gasteiger partial charge in [-0.25, -0.2) is 17.8 Å². The van der Waals surface area contributed by atoms with Crippen LogP contribution in [0.2, 0.25) is 0 Å². The molecular weight excluding hydrogens is 559 g/mol. The predicted octanol–water partition coefficient (Wildman–Crippen LogP) is 4.72. The Kier molecular flexibility index (Phi) is 6.75. The van der Waals surface area contributed by atoms with Crippen LogP contribution in [0.4, 0.5) is 10.1 Å². The molecule has 1 amide bonds. The highest BCUT2D eigenvalue weighted by Gasteiger charge is 2.21. The van der Waals surface area contributed by atoms with Gasteiger partial charge in [0.15, 0.2) is 15.5 Å². The van der Waals surface area contributed by atoms with Gasteiger partial charge in [0, 0.05) is 64.2 Å². The number of H-pyrrole nitrogens is 2. The molecule has 0 aliphatic heterocycles. The van der Waals surface area contributed by atoms with Crippen LogP contribution in [0.25, 0.3) is 55.7 Å². The van der Waals surface area contributed by atoms with Gasteiger partial charge in [-0.3, -0.25) is 19.9 Å². The summed E-state index contributed by atoms with van der Waals surface area (Å²) >= 11 is 0. The zero-order chi connectivity index (χ0) is 29.6. The summed E-state index contributed by atoms with van der Waals surface area (Å²) in [6.45, 7) is 1.78. The molecule has 0 radical (unpaired) electrons. The van der Waals surface area contributed by atoms with Crippen LogP contribution in [0.5, 0.6) is 0 Å². The summed E-state index contributed by atoms with van der Waals surface area (Å²) in [6, 6.07) is 11.3. The lowest BCUT2D eigenvalue weighted by atomic mass is 10.0. The molecule has 0 bridgehead atoms. The van der Waals surface area contributed by atoms with Crippen molar-refractivity contribution in [3.63, 3.8) is 0 Å². The average Bonchev–Trinajstić information content (AvgIpc) is 3.59. The Morgan fingerprint density at radius 1 is 1.00 bits per heavy atom. The number of benzene rings is 1. The van der Waals surface area contributed by atoms with Crippen molar-refractivity contribution >= 4 is 43.4 Å². The number of fused-ring (bicyclic) bond motifs is 2. The maximum atomic E-state index is 14.6. The van der Waals surface area contributed by atoms with Gasteiger partial charge in [-0.1, -0.05) is 6.92 Å². The van der Waals surface area contributed by atoms with Gasteiger partial charge >= 0.3 is 0 Å². The van der Waals surface area contributed by atoms with Crippen LogP contribution in [-0.4, -0.2) is 50.7 Å². The van der Waals surface area contributed by atoms with Gasteiger partial charge in [0.25, 0.3) is 0 Å². The normalized spacial score (nSPS) is 12.6. The van der Waals surface area contributed by atoms with Gasteiger partial charge in [-0.2, -0.15) is 5.10 Å². The fraction of sp³-hybridized carbons (Fsp3) is 0.138. The number of pyridine rings is 3. The van der Waals surface area contributed by atoms with Crippen molar-refractivity contribution in [1.29, 1.82) is 0 Å². The highest BCUT2D eigenvalue weighted by Crippen LogP contribution is 2.35. The zero-order valence-electron chi connectivity index (χ0n) is 22.5. The Labute approximate surface area is 239 Å². The fourth-order valence-electron chi connectivity index (χ4n) is 4.75. The van der Waals surface area contributed by atoms with E-state index < -0.39 is 21.0 Å². The molecular formula is C29H25FN8O3S. The Morgan fingerprint density at radius 3 is 2.60 bits per heavy atom. The monoisotopic (exact) mass is 584 g/mol. The van der Waals surface area contributed by atoms with Crippen LogP contribution in [0.15, 0.2) is 67.3 Å². The molecule has 6 rings (SSSR count). The van der Waals surface area contributed by atoms with E-state index in [2.05, 4.69) is 35.5 Å². The van der Waals surface area contributed by atoms with Crippen LogP contribution in [0.3, 0.4) is 0 Å². The summed E-state index contributed by atoms with van der Waals surface area (Å²) in [4.78, 5) is 28.4. The number of aromatic nitrogens is 6. The van der Waals surface area contributed by atoms with Gasteiger partial charge in [-0.05, 0) is 48.0 Å². The Hall–Kier alpha value is -5.01. The number of carbonyl (C=O) groups is 1. The maximum Gasteiger partial charge on any atom is 0.224 e. The van der Waals surface area contributed by atoms with Gasteiger partial charge in [0.05, 0.1) is 23.3 Å². The van der Waals surface area contributed by atoms with Gasteiger partial charge < -0.3 is 16.0 Å². The number of carbonyl (C=O) groups excluding carboxylic acids is 1. The second kappa shape index (κ2) is 10.4. The molecule has 0 aliphatic carbocycles. The number of rotatable bonds is 7. The SMILES string of the molecule is CCC(=O)Nc1cncc(-c2cnc3[nH]nc(-c4cc5c(-c6cc(F)cc(C(N)S(C)(=O)=O)c6)nccc5[nH]4)c3c2)c1. The van der Waals surface area contributed by atoms with Crippen molar-refractivity contribution < 1.29 is 17.6 Å². The molecule has 1 atom stereocenters. The molecule has 42 heavy (non-hydrogen) atoms. The van der Waals surface area contributed by atoms with E-state index in [0.717, 1.165) is 34.4 Å². The van der Waals surface area contributed by atoms with Crippen molar-refractivity contribution in [3.05, 3.63) is 78.6 Å². The molecule has 0 fully saturated rings. The number of nitrogens with one attached hydrogen (secondary N) is 3. The smallest absolute Gasteiger partial charge is 0.224 e. The molecule has 5 N–H and O–H groups in total. The number of nitrogens with zero attached hydrogens (tertiary/aromatic N) is 4. The summed E-state index contributed by atoms with van der Waals surface area (Å²) in [5.41, 5.74) is 11.5. The lowest BCUT2D eigenvalue weighted by molar-refractivity contribution is -0.115. The highest BCUT2D eigenvalue weighted by molar-refractivity contribution is 7.90. The van der Waals surface area contributed by atoms with Gasteiger partial charge in [0.2, 0.25) is 5.91 Å². The van der Waals surface area contributed by atoms with Gasteiger partial charge in [-0.15, -0.1) is 0 Å². The minimum absolute atomic E-state index is 0.111. The van der Waals surface area contributed by atoms with Crippen molar-refractivity contribution in [3.8, 4) is 33.8 Å². The number of sulfone groups is 1. The lowest BCUT2D eigenvalue weighted by Gasteiger charge is -2.12. The third kappa shape index (κ3) is 5.10. The van der Waals surface area contributed by atoms with Crippen molar-refractivity contribution in [2.45, 2.75) is 18.7 Å². The van der Waals surface area contributed by atoms with Crippen LogP contribution in [0, 0.1) is 5.82 Å². The number of amides is 1. The average molecular weight is 585 g/mol. The fourth-order valence-corrected chi connectivity index (χ4v) is 5.38. The molecule has 6 aromatic rings. The van der Waals surface area contributed by atoms with E-state index in [9.17, 15) is 17.6 Å². The first-order valence-electron chi connectivity index (χ1n) is 12.9. The number of hydrogen-bond donors (Lipinski definition) is 4. The molecule has 0 spiro atoms. The Bertz CT molecular complexity index is 2110. The summed E-state index contributed by atoms with van der Waals surface area (Å²) in [6.07, 6.45) is 7.91. The van der Waals surface area contributed by atoms with E-state index in [1.807, 2.05) is 18.2 Å². The molecule has 11 nitrogen and oxygen atoms in total. The quantitative estimate of drug-likeness (QED) is 0.209. The van der Waals surface area contributed by atoms with Crippen molar-refractivity contribution in [2.24, 2.45) is 5.73 Å². The van der Waals surface area contributed by atoms with E-state index in [-0.39, 0.29) is 11.5 Å². The molecule has 13 heteroatoms. The standard InChI is InChI=1S/C29H25FN8O3S/c1-3-25(39)35-20-9-17(12-32-14-20)18-10-22-27(37-38-29(22)34-13-18)24-11-21-23(36-24)4-5-33-26(21)15-6-16(8-19(30)7-15)28(31)42(2,40)41/h4-14,28,36H,3,31H2,1-2H3,(H,35,39)(H,34,37,38). The minimum Gasteiger partial charge on any atom is -0.353 e. The first kappa shape index (κ1) is 27.2. The number of aromatic amines is 2. The van der Waals surface area contributed by atoms with E-state index in [1.54, 1.807) is 37.8 Å². The van der Waals surface area contributed by atoms with Crippen LogP contribution < -0.4 is 11.1 Å². The van der Waals surface area contributed by atoms with Gasteiger partial charge in [0.1, 0.15) is 16.9 Å². The van der Waals surface area contributed by atoms with E-state index in [4.69, 9.17) is 5.73 Å². The second-order valence-corrected chi connectivity index (χ2v) is 12.1. The zero-order valence-corrected chi connectivity index (χ0v) is 23.3. The Balaban J connectivity index is 1.42.